The molecular weight excluding hydrogens is 262 g/mol. The molecular formula is C18H29NO2. The Morgan fingerprint density at radius 1 is 1.24 bits per heavy atom. The summed E-state index contributed by atoms with van der Waals surface area (Å²) in [5.74, 6) is 1.74. The summed E-state index contributed by atoms with van der Waals surface area (Å²) in [5.41, 5.74) is 2.24. The van der Waals surface area contributed by atoms with Gasteiger partial charge in [-0.15, -0.1) is 0 Å². The quantitative estimate of drug-likeness (QED) is 0.651. The van der Waals surface area contributed by atoms with Crippen molar-refractivity contribution in [2.75, 3.05) is 13.2 Å². The molecule has 0 atom stereocenters. The molecule has 0 aliphatic rings. The monoisotopic (exact) mass is 291 g/mol. The van der Waals surface area contributed by atoms with E-state index < -0.39 is 0 Å². The highest BCUT2D eigenvalue weighted by atomic mass is 16.5. The van der Waals surface area contributed by atoms with Crippen LogP contribution in [0.1, 0.15) is 46.1 Å². The minimum absolute atomic E-state index is 0.444. The van der Waals surface area contributed by atoms with Crippen LogP contribution in [0.4, 0.5) is 0 Å². The Morgan fingerprint density at radius 3 is 2.62 bits per heavy atom. The Hall–Kier alpha value is -1.48. The van der Waals surface area contributed by atoms with Gasteiger partial charge in [0, 0.05) is 24.2 Å². The lowest BCUT2D eigenvalue weighted by atomic mass is 10.1. The van der Waals surface area contributed by atoms with Crippen molar-refractivity contribution < 1.29 is 9.47 Å². The molecule has 0 unspecified atom stereocenters. The average Bonchev–Trinajstić information content (AvgIpc) is 2.49. The lowest BCUT2D eigenvalue weighted by molar-refractivity contribution is 0.309. The fourth-order valence-corrected chi connectivity index (χ4v) is 1.72. The maximum atomic E-state index is 5.92. The fraction of sp³-hybridized carbons (Fsp3) is 0.556. The number of benzene rings is 1. The zero-order valence-corrected chi connectivity index (χ0v) is 13.9. The van der Waals surface area contributed by atoms with Crippen LogP contribution in [0.25, 0.3) is 0 Å². The van der Waals surface area contributed by atoms with Gasteiger partial charge in [-0.2, -0.15) is 0 Å². The lowest BCUT2D eigenvalue weighted by Gasteiger charge is -2.16. The second-order valence-corrected chi connectivity index (χ2v) is 5.55. The minimum Gasteiger partial charge on any atom is -0.493 e. The van der Waals surface area contributed by atoms with Gasteiger partial charge in [0.15, 0.2) is 0 Å². The van der Waals surface area contributed by atoms with Crippen molar-refractivity contribution in [2.45, 2.75) is 53.1 Å². The number of ether oxygens (including phenoxy) is 2. The van der Waals surface area contributed by atoms with Crippen LogP contribution in [0.3, 0.4) is 0 Å². The molecule has 0 saturated heterocycles. The van der Waals surface area contributed by atoms with Crippen molar-refractivity contribution in [1.82, 2.24) is 5.32 Å². The highest BCUT2D eigenvalue weighted by molar-refractivity contribution is 5.41. The van der Waals surface area contributed by atoms with Crippen LogP contribution in [0.2, 0.25) is 0 Å². The summed E-state index contributed by atoms with van der Waals surface area (Å²) in [6.07, 6.45) is 1.94. The lowest BCUT2D eigenvalue weighted by Crippen LogP contribution is -2.22. The van der Waals surface area contributed by atoms with Gasteiger partial charge in [0.25, 0.3) is 0 Å². The van der Waals surface area contributed by atoms with Crippen LogP contribution < -0.4 is 14.8 Å². The summed E-state index contributed by atoms with van der Waals surface area (Å²) in [5, 5.41) is 3.42. The molecule has 0 aromatic heterocycles. The molecule has 0 bridgehead atoms. The molecule has 3 nitrogen and oxygen atoms in total. The first-order valence-electron chi connectivity index (χ1n) is 7.85. The van der Waals surface area contributed by atoms with E-state index in [2.05, 4.69) is 45.7 Å². The number of hydrogen-bond acceptors (Lipinski definition) is 3. The van der Waals surface area contributed by atoms with Gasteiger partial charge in [0.05, 0.1) is 6.61 Å². The normalized spacial score (nSPS) is 10.7. The van der Waals surface area contributed by atoms with Crippen LogP contribution >= 0.6 is 0 Å². The second-order valence-electron chi connectivity index (χ2n) is 5.55. The first-order chi connectivity index (χ1) is 10.1. The van der Waals surface area contributed by atoms with Gasteiger partial charge in [-0.25, -0.2) is 0 Å². The molecule has 21 heavy (non-hydrogen) atoms. The van der Waals surface area contributed by atoms with Crippen LogP contribution in [0.5, 0.6) is 11.5 Å². The van der Waals surface area contributed by atoms with E-state index >= 15 is 0 Å². The van der Waals surface area contributed by atoms with Crippen molar-refractivity contribution in [3.8, 4) is 11.5 Å². The molecule has 0 aliphatic heterocycles. The van der Waals surface area contributed by atoms with E-state index in [4.69, 9.17) is 9.47 Å². The first-order valence-corrected chi connectivity index (χ1v) is 7.85. The highest BCUT2D eigenvalue weighted by Gasteiger charge is 2.07. The molecule has 118 valence electrons. The smallest absolute Gasteiger partial charge is 0.127 e. The largest absolute Gasteiger partial charge is 0.493 e. The molecule has 3 heteroatoms. The summed E-state index contributed by atoms with van der Waals surface area (Å²) in [6.45, 7) is 14.5. The van der Waals surface area contributed by atoms with Gasteiger partial charge in [-0.1, -0.05) is 40.3 Å². The van der Waals surface area contributed by atoms with Crippen LogP contribution in [0.15, 0.2) is 30.4 Å². The van der Waals surface area contributed by atoms with E-state index in [1.165, 1.54) is 0 Å². The van der Waals surface area contributed by atoms with E-state index in [-0.39, 0.29) is 0 Å². The van der Waals surface area contributed by atoms with E-state index in [1.807, 2.05) is 12.1 Å². The van der Waals surface area contributed by atoms with Gasteiger partial charge in [-0.05, 0) is 24.5 Å². The topological polar surface area (TPSA) is 30.5 Å². The van der Waals surface area contributed by atoms with E-state index in [1.54, 1.807) is 0 Å². The zero-order valence-electron chi connectivity index (χ0n) is 13.9. The van der Waals surface area contributed by atoms with Crippen LogP contribution in [-0.2, 0) is 6.54 Å². The SMILES string of the molecule is C=C(CC)COc1cc(OCCC)ccc1CNC(C)C. The Kier molecular flexibility index (Phi) is 7.91. The van der Waals surface area contributed by atoms with Crippen molar-refractivity contribution in [3.05, 3.63) is 35.9 Å². The molecule has 0 radical (unpaired) electrons. The number of rotatable bonds is 10. The average molecular weight is 291 g/mol. The van der Waals surface area contributed by atoms with Crippen LogP contribution in [-0.4, -0.2) is 19.3 Å². The van der Waals surface area contributed by atoms with Crippen molar-refractivity contribution in [3.63, 3.8) is 0 Å². The van der Waals surface area contributed by atoms with Crippen molar-refractivity contribution in [1.29, 1.82) is 0 Å². The van der Waals surface area contributed by atoms with Gasteiger partial charge < -0.3 is 14.8 Å². The van der Waals surface area contributed by atoms with Gasteiger partial charge >= 0.3 is 0 Å². The molecule has 1 aromatic carbocycles. The second kappa shape index (κ2) is 9.46. The van der Waals surface area contributed by atoms with Crippen molar-refractivity contribution in [2.24, 2.45) is 0 Å². The van der Waals surface area contributed by atoms with Crippen LogP contribution in [0, 0.1) is 0 Å². The zero-order chi connectivity index (χ0) is 15.7. The van der Waals surface area contributed by atoms with E-state index in [0.29, 0.717) is 12.6 Å². The summed E-state index contributed by atoms with van der Waals surface area (Å²) in [4.78, 5) is 0. The number of hydrogen-bond donors (Lipinski definition) is 1. The Labute approximate surface area is 129 Å². The molecule has 0 spiro atoms. The summed E-state index contributed by atoms with van der Waals surface area (Å²) >= 11 is 0. The predicted molar refractivity (Wildman–Crippen MR) is 89.1 cm³/mol. The first kappa shape index (κ1) is 17.6. The Bertz CT molecular complexity index is 441. The molecule has 0 aliphatic carbocycles. The number of nitrogens with one attached hydrogen (secondary N) is 1. The molecule has 0 fully saturated rings. The Balaban J connectivity index is 2.80. The summed E-state index contributed by atoms with van der Waals surface area (Å²) < 4.78 is 11.6. The van der Waals surface area contributed by atoms with Gasteiger partial charge in [-0.3, -0.25) is 0 Å². The minimum atomic E-state index is 0.444. The molecule has 1 aromatic rings. The molecule has 0 saturated carbocycles. The standard InChI is InChI=1S/C18H29NO2/c1-6-10-20-17-9-8-16(12-19-14(3)4)18(11-17)21-13-15(5)7-2/h8-9,11,14,19H,5-7,10,12-13H2,1-4H3. The maximum absolute atomic E-state index is 5.92. The summed E-state index contributed by atoms with van der Waals surface area (Å²) in [7, 11) is 0. The van der Waals surface area contributed by atoms with Crippen molar-refractivity contribution >= 4 is 0 Å². The molecule has 0 amide bonds. The van der Waals surface area contributed by atoms with Gasteiger partial charge in [0.1, 0.15) is 18.1 Å². The van der Waals surface area contributed by atoms with E-state index in [9.17, 15) is 0 Å². The third-order valence-corrected chi connectivity index (χ3v) is 3.14. The summed E-state index contributed by atoms with van der Waals surface area (Å²) in [6, 6.07) is 6.51. The Morgan fingerprint density at radius 2 is 2.00 bits per heavy atom. The fourth-order valence-electron chi connectivity index (χ4n) is 1.72. The highest BCUT2D eigenvalue weighted by Crippen LogP contribution is 2.26. The third kappa shape index (κ3) is 6.67. The maximum Gasteiger partial charge on any atom is 0.127 e. The molecule has 1 N–H and O–H groups in total. The van der Waals surface area contributed by atoms with E-state index in [0.717, 1.165) is 48.6 Å². The predicted octanol–water partition coefficient (Wildman–Crippen LogP) is 4.32. The molecule has 0 heterocycles. The third-order valence-electron chi connectivity index (χ3n) is 3.14. The molecule has 1 rings (SSSR count). The van der Waals surface area contributed by atoms with Gasteiger partial charge in [0.2, 0.25) is 0 Å².